The number of fused-ring (bicyclic) bond motifs is 4. The lowest BCUT2D eigenvalue weighted by molar-refractivity contribution is 0.590. The van der Waals surface area contributed by atoms with Crippen molar-refractivity contribution in [2.45, 2.75) is 6.42 Å². The Balaban J connectivity index is 1.53. The Morgan fingerprint density at radius 3 is 1.47 bits per heavy atom. The Morgan fingerprint density at radius 2 is 0.930 bits per heavy atom. The molecule has 1 nitrogen and oxygen atoms in total. The Kier molecular flexibility index (Phi) is 5.93. The van der Waals surface area contributed by atoms with E-state index in [0.29, 0.717) is 22.3 Å². The van der Waals surface area contributed by atoms with Gasteiger partial charge in [-0.15, -0.1) is 0 Å². The molecule has 43 heavy (non-hydrogen) atoms. The molecule has 0 amide bonds. The number of hydrogen-bond acceptors (Lipinski definition) is 1. The van der Waals surface area contributed by atoms with Crippen molar-refractivity contribution in [3.05, 3.63) is 162 Å². The van der Waals surface area contributed by atoms with Crippen molar-refractivity contribution in [3.8, 4) is 22.3 Å². The summed E-state index contributed by atoms with van der Waals surface area (Å²) in [7, 11) is -3.64. The zero-order valence-corrected chi connectivity index (χ0v) is 24.0. The summed E-state index contributed by atoms with van der Waals surface area (Å²) in [4.78, 5) is 0. The van der Waals surface area contributed by atoms with E-state index >= 15 is 4.57 Å². The Bertz CT molecular complexity index is 2200. The number of benzene rings is 7. The summed E-state index contributed by atoms with van der Waals surface area (Å²) < 4.78 is 45.1. The maximum atomic E-state index is 15.6. The summed E-state index contributed by atoms with van der Waals surface area (Å²) in [5.41, 5.74) is 5.86. The Labute approximate surface area is 248 Å². The monoisotopic (exact) mass is 578 g/mol. The first kappa shape index (κ1) is 25.8. The van der Waals surface area contributed by atoms with Gasteiger partial charge < -0.3 is 4.57 Å². The van der Waals surface area contributed by atoms with Gasteiger partial charge in [0.2, 0.25) is 0 Å². The average molecular weight is 579 g/mol. The predicted molar refractivity (Wildman–Crippen MR) is 174 cm³/mol. The van der Waals surface area contributed by atoms with E-state index < -0.39 is 18.8 Å². The van der Waals surface area contributed by atoms with E-state index in [0.717, 1.165) is 54.9 Å². The van der Waals surface area contributed by atoms with Crippen LogP contribution in [0.3, 0.4) is 0 Å². The summed E-state index contributed by atoms with van der Waals surface area (Å²) in [6.45, 7) is 0. The molecule has 4 heteroatoms. The normalized spacial score (nSPS) is 13.5. The van der Waals surface area contributed by atoms with Crippen molar-refractivity contribution in [2.75, 3.05) is 0 Å². The lowest BCUT2D eigenvalue weighted by atomic mass is 9.86. The third kappa shape index (κ3) is 4.00. The Morgan fingerprint density at radius 1 is 0.465 bits per heavy atom. The van der Waals surface area contributed by atoms with Gasteiger partial charge in [-0.3, -0.25) is 0 Å². The fourth-order valence-electron chi connectivity index (χ4n) is 6.77. The number of halogens is 2. The summed E-state index contributed by atoms with van der Waals surface area (Å²) in [6.07, 6.45) is 0.473. The summed E-state index contributed by atoms with van der Waals surface area (Å²) >= 11 is 0. The largest absolute Gasteiger partial charge is 0.309 e. The third-order valence-electron chi connectivity index (χ3n) is 8.65. The van der Waals surface area contributed by atoms with Crippen molar-refractivity contribution in [3.63, 3.8) is 0 Å². The van der Waals surface area contributed by atoms with Crippen molar-refractivity contribution in [1.82, 2.24) is 0 Å². The Hall–Kier alpha value is -4.85. The second-order valence-electron chi connectivity index (χ2n) is 11.1. The predicted octanol–water partition coefficient (Wildman–Crippen LogP) is 9.15. The zero-order valence-electron chi connectivity index (χ0n) is 23.1. The van der Waals surface area contributed by atoms with Crippen LogP contribution in [0.1, 0.15) is 11.1 Å². The van der Waals surface area contributed by atoms with Gasteiger partial charge in [0, 0.05) is 15.9 Å². The van der Waals surface area contributed by atoms with E-state index in [-0.39, 0.29) is 0 Å². The molecule has 0 spiro atoms. The molecule has 0 unspecified atom stereocenters. The van der Waals surface area contributed by atoms with Gasteiger partial charge in [-0.1, -0.05) is 109 Å². The van der Waals surface area contributed by atoms with E-state index in [4.69, 9.17) is 0 Å². The van der Waals surface area contributed by atoms with Gasteiger partial charge in [0.1, 0.15) is 11.6 Å². The molecule has 0 saturated carbocycles. The van der Waals surface area contributed by atoms with Crippen LogP contribution in [0.4, 0.5) is 8.78 Å². The van der Waals surface area contributed by atoms with Crippen molar-refractivity contribution >= 4 is 44.6 Å². The first-order valence-electron chi connectivity index (χ1n) is 14.3. The SMILES string of the molecule is O=P1(c2ccc3c(-c4ccccc4)c4ccccc4c(-c4ccccc4)c3c2)c2cc(F)ccc2Cc2ccc(F)cc21. The van der Waals surface area contributed by atoms with E-state index in [2.05, 4.69) is 42.5 Å². The standard InChI is InChI=1S/C39H25F2OP/c40-29-17-15-27-21-28-16-18-30(41)23-37(28)43(42,36(27)22-29)31-19-20-34-35(24-31)39(26-11-5-2-6-12-26)33-14-8-7-13-32(33)38(34)25-9-3-1-4-10-25/h1-20,22-24H,21H2. The molecular formula is C39H25F2OP. The maximum Gasteiger partial charge on any atom is 0.171 e. The van der Waals surface area contributed by atoms with Gasteiger partial charge in [0.05, 0.1) is 0 Å². The highest BCUT2D eigenvalue weighted by atomic mass is 31.2. The van der Waals surface area contributed by atoms with E-state index in [9.17, 15) is 8.78 Å². The van der Waals surface area contributed by atoms with E-state index in [1.807, 2.05) is 60.7 Å². The van der Waals surface area contributed by atoms with Gasteiger partial charge in [-0.05, 0) is 91.7 Å². The van der Waals surface area contributed by atoms with Gasteiger partial charge in [0.25, 0.3) is 0 Å². The van der Waals surface area contributed by atoms with Crippen LogP contribution >= 0.6 is 7.14 Å². The molecule has 7 aromatic rings. The molecule has 1 aliphatic heterocycles. The molecule has 0 bridgehead atoms. The van der Waals surface area contributed by atoms with Crippen LogP contribution in [0.15, 0.2) is 140 Å². The molecule has 0 fully saturated rings. The zero-order chi connectivity index (χ0) is 29.1. The molecule has 0 radical (unpaired) electrons. The third-order valence-corrected chi connectivity index (χ3v) is 11.8. The van der Waals surface area contributed by atoms with Crippen LogP contribution in [-0.4, -0.2) is 0 Å². The molecule has 1 aliphatic rings. The van der Waals surface area contributed by atoms with Crippen molar-refractivity contribution in [1.29, 1.82) is 0 Å². The fourth-order valence-corrected chi connectivity index (χ4v) is 9.90. The lowest BCUT2D eigenvalue weighted by Crippen LogP contribution is -2.34. The first-order chi connectivity index (χ1) is 21.0. The van der Waals surface area contributed by atoms with Crippen LogP contribution in [-0.2, 0) is 11.0 Å². The molecule has 0 atom stereocenters. The minimum Gasteiger partial charge on any atom is -0.309 e. The summed E-state index contributed by atoms with van der Waals surface area (Å²) in [5, 5.41) is 5.61. The number of hydrogen-bond donors (Lipinski definition) is 0. The van der Waals surface area contributed by atoms with Crippen LogP contribution < -0.4 is 15.9 Å². The highest BCUT2D eigenvalue weighted by Gasteiger charge is 2.38. The van der Waals surface area contributed by atoms with Crippen LogP contribution in [0.25, 0.3) is 43.8 Å². The number of rotatable bonds is 3. The van der Waals surface area contributed by atoms with Crippen LogP contribution in [0, 0.1) is 11.6 Å². The average Bonchev–Trinajstić information content (AvgIpc) is 3.05. The van der Waals surface area contributed by atoms with E-state index in [1.54, 1.807) is 12.1 Å². The minimum atomic E-state index is -3.64. The summed E-state index contributed by atoms with van der Waals surface area (Å²) in [6, 6.07) is 43.8. The molecule has 0 aliphatic carbocycles. The molecular weight excluding hydrogens is 553 g/mol. The quantitative estimate of drug-likeness (QED) is 0.151. The molecule has 1 heterocycles. The highest BCUT2D eigenvalue weighted by Crippen LogP contribution is 2.50. The lowest BCUT2D eigenvalue weighted by Gasteiger charge is -2.30. The minimum absolute atomic E-state index is 0.440. The summed E-state index contributed by atoms with van der Waals surface area (Å²) in [5.74, 6) is -0.913. The van der Waals surface area contributed by atoms with Crippen molar-refractivity contribution in [2.24, 2.45) is 0 Å². The first-order valence-corrected chi connectivity index (χ1v) is 16.0. The molecule has 0 aromatic heterocycles. The second-order valence-corrected chi connectivity index (χ2v) is 13.8. The van der Waals surface area contributed by atoms with Gasteiger partial charge >= 0.3 is 0 Å². The molecule has 206 valence electrons. The van der Waals surface area contributed by atoms with Gasteiger partial charge in [-0.2, -0.15) is 0 Å². The van der Waals surface area contributed by atoms with Crippen LogP contribution in [0.5, 0.6) is 0 Å². The van der Waals surface area contributed by atoms with E-state index in [1.165, 1.54) is 24.3 Å². The molecule has 7 aromatic carbocycles. The smallest absolute Gasteiger partial charge is 0.171 e. The molecule has 8 rings (SSSR count). The highest BCUT2D eigenvalue weighted by molar-refractivity contribution is 7.85. The topological polar surface area (TPSA) is 17.1 Å². The fraction of sp³-hybridized carbons (Fsp3) is 0.0256. The van der Waals surface area contributed by atoms with Gasteiger partial charge in [-0.25, -0.2) is 8.78 Å². The molecule has 0 saturated heterocycles. The van der Waals surface area contributed by atoms with Gasteiger partial charge in [0.15, 0.2) is 7.14 Å². The maximum absolute atomic E-state index is 15.6. The van der Waals surface area contributed by atoms with Crippen LogP contribution in [0.2, 0.25) is 0 Å². The van der Waals surface area contributed by atoms with Crippen molar-refractivity contribution < 1.29 is 13.3 Å². The molecule has 0 N–H and O–H groups in total. The second kappa shape index (κ2) is 9.87.